The topological polar surface area (TPSA) is 26.3 Å². The van der Waals surface area contributed by atoms with Crippen molar-refractivity contribution >= 4 is 17.4 Å². The standard InChI is InChI=1S/C12H15ClO2/c1-3-15-12-5-4-9(2)6-10(12)7-11(14)8-13/h4-6H,3,7-8H2,1-2H3. The first-order valence-corrected chi connectivity index (χ1v) is 5.50. The van der Waals surface area contributed by atoms with Crippen LogP contribution in [0.5, 0.6) is 5.75 Å². The Morgan fingerprint density at radius 2 is 2.20 bits per heavy atom. The van der Waals surface area contributed by atoms with Crippen LogP contribution in [0.15, 0.2) is 18.2 Å². The van der Waals surface area contributed by atoms with Gasteiger partial charge < -0.3 is 4.74 Å². The molecule has 0 unspecified atom stereocenters. The molecular formula is C12H15ClO2. The quantitative estimate of drug-likeness (QED) is 0.722. The zero-order valence-corrected chi connectivity index (χ0v) is 9.80. The predicted molar refractivity (Wildman–Crippen MR) is 61.8 cm³/mol. The average Bonchev–Trinajstić information content (AvgIpc) is 2.22. The van der Waals surface area contributed by atoms with E-state index >= 15 is 0 Å². The third kappa shape index (κ3) is 3.56. The van der Waals surface area contributed by atoms with Gasteiger partial charge >= 0.3 is 0 Å². The Morgan fingerprint density at radius 1 is 1.47 bits per heavy atom. The van der Waals surface area contributed by atoms with E-state index in [1.807, 2.05) is 32.0 Å². The smallest absolute Gasteiger partial charge is 0.152 e. The molecule has 0 aromatic heterocycles. The van der Waals surface area contributed by atoms with Crippen LogP contribution in [-0.4, -0.2) is 18.3 Å². The number of Topliss-reactive ketones (excluding diaryl/α,β-unsaturated/α-hetero) is 1. The first-order valence-electron chi connectivity index (χ1n) is 4.97. The lowest BCUT2D eigenvalue weighted by atomic mass is 10.1. The van der Waals surface area contributed by atoms with Gasteiger partial charge in [-0.2, -0.15) is 0 Å². The Balaban J connectivity index is 2.91. The molecule has 0 saturated heterocycles. The van der Waals surface area contributed by atoms with E-state index < -0.39 is 0 Å². The molecule has 82 valence electrons. The van der Waals surface area contributed by atoms with E-state index in [9.17, 15) is 4.79 Å². The average molecular weight is 227 g/mol. The Hall–Kier alpha value is -1.02. The summed E-state index contributed by atoms with van der Waals surface area (Å²) < 4.78 is 5.44. The lowest BCUT2D eigenvalue weighted by Gasteiger charge is -2.09. The van der Waals surface area contributed by atoms with E-state index in [2.05, 4.69) is 0 Å². The molecule has 0 saturated carbocycles. The second-order valence-corrected chi connectivity index (χ2v) is 3.66. The van der Waals surface area contributed by atoms with E-state index in [1.54, 1.807) is 0 Å². The third-order valence-corrected chi connectivity index (χ3v) is 2.35. The molecule has 1 aromatic carbocycles. The summed E-state index contributed by atoms with van der Waals surface area (Å²) in [6.07, 6.45) is 0.348. The molecule has 0 N–H and O–H groups in total. The molecule has 0 aliphatic heterocycles. The van der Waals surface area contributed by atoms with Crippen molar-refractivity contribution in [3.63, 3.8) is 0 Å². The number of benzene rings is 1. The molecule has 0 aliphatic rings. The number of aryl methyl sites for hydroxylation is 1. The fraction of sp³-hybridized carbons (Fsp3) is 0.417. The second-order valence-electron chi connectivity index (χ2n) is 3.39. The molecule has 3 heteroatoms. The van der Waals surface area contributed by atoms with Gasteiger partial charge in [0, 0.05) is 12.0 Å². The molecule has 0 heterocycles. The molecule has 0 bridgehead atoms. The predicted octanol–water partition coefficient (Wildman–Crippen LogP) is 2.74. The van der Waals surface area contributed by atoms with Gasteiger partial charge in [0.25, 0.3) is 0 Å². The zero-order valence-electron chi connectivity index (χ0n) is 9.05. The number of hydrogen-bond donors (Lipinski definition) is 0. The van der Waals surface area contributed by atoms with Crippen LogP contribution in [0.4, 0.5) is 0 Å². The second kappa shape index (κ2) is 5.76. The van der Waals surface area contributed by atoms with Crippen LogP contribution in [0.2, 0.25) is 0 Å². The minimum atomic E-state index is 0.0169. The first-order chi connectivity index (χ1) is 7.17. The van der Waals surface area contributed by atoms with Crippen molar-refractivity contribution in [3.8, 4) is 5.75 Å². The van der Waals surface area contributed by atoms with Crippen molar-refractivity contribution < 1.29 is 9.53 Å². The van der Waals surface area contributed by atoms with Gasteiger partial charge in [-0.3, -0.25) is 4.79 Å². The largest absolute Gasteiger partial charge is 0.494 e. The Morgan fingerprint density at radius 3 is 2.80 bits per heavy atom. The maximum atomic E-state index is 11.3. The molecule has 0 atom stereocenters. The summed E-state index contributed by atoms with van der Waals surface area (Å²) in [6, 6.07) is 5.84. The van der Waals surface area contributed by atoms with Crippen molar-refractivity contribution in [1.82, 2.24) is 0 Å². The molecular weight excluding hydrogens is 212 g/mol. The van der Waals surface area contributed by atoms with Gasteiger partial charge in [0.1, 0.15) is 5.75 Å². The maximum Gasteiger partial charge on any atom is 0.152 e. The number of ketones is 1. The SMILES string of the molecule is CCOc1ccc(C)cc1CC(=O)CCl. The summed E-state index contributed by atoms with van der Waals surface area (Å²) in [4.78, 5) is 11.3. The van der Waals surface area contributed by atoms with Crippen molar-refractivity contribution in [2.45, 2.75) is 20.3 Å². The van der Waals surface area contributed by atoms with Crippen LogP contribution in [0.1, 0.15) is 18.1 Å². The maximum absolute atomic E-state index is 11.3. The number of carbonyl (C=O) groups excluding carboxylic acids is 1. The van der Waals surface area contributed by atoms with Gasteiger partial charge in [0.15, 0.2) is 5.78 Å². The van der Waals surface area contributed by atoms with Crippen molar-refractivity contribution in [3.05, 3.63) is 29.3 Å². The monoisotopic (exact) mass is 226 g/mol. The van der Waals surface area contributed by atoms with Gasteiger partial charge in [-0.05, 0) is 19.9 Å². The molecule has 0 amide bonds. The van der Waals surface area contributed by atoms with E-state index in [0.29, 0.717) is 13.0 Å². The highest BCUT2D eigenvalue weighted by molar-refractivity contribution is 6.27. The molecule has 15 heavy (non-hydrogen) atoms. The molecule has 0 fully saturated rings. The number of halogens is 1. The number of ether oxygens (including phenoxy) is 1. The van der Waals surface area contributed by atoms with E-state index in [-0.39, 0.29) is 11.7 Å². The zero-order chi connectivity index (χ0) is 11.3. The Labute approximate surface area is 95.2 Å². The minimum Gasteiger partial charge on any atom is -0.494 e. The van der Waals surface area contributed by atoms with Gasteiger partial charge in [0.2, 0.25) is 0 Å². The molecule has 0 spiro atoms. The number of rotatable bonds is 5. The van der Waals surface area contributed by atoms with Crippen LogP contribution in [0.25, 0.3) is 0 Å². The van der Waals surface area contributed by atoms with Gasteiger partial charge in [0.05, 0.1) is 12.5 Å². The van der Waals surface area contributed by atoms with E-state index in [4.69, 9.17) is 16.3 Å². The molecule has 0 radical (unpaired) electrons. The van der Waals surface area contributed by atoms with E-state index in [1.165, 1.54) is 0 Å². The van der Waals surface area contributed by atoms with Crippen LogP contribution < -0.4 is 4.74 Å². The van der Waals surface area contributed by atoms with Gasteiger partial charge in [-0.15, -0.1) is 11.6 Å². The van der Waals surface area contributed by atoms with Gasteiger partial charge in [-0.1, -0.05) is 17.7 Å². The van der Waals surface area contributed by atoms with Crippen LogP contribution in [0, 0.1) is 6.92 Å². The molecule has 1 aromatic rings. The lowest BCUT2D eigenvalue weighted by Crippen LogP contribution is -2.06. The number of alkyl halides is 1. The lowest BCUT2D eigenvalue weighted by molar-refractivity contribution is -0.116. The summed E-state index contributed by atoms with van der Waals surface area (Å²) in [6.45, 7) is 4.52. The van der Waals surface area contributed by atoms with Crippen molar-refractivity contribution in [2.75, 3.05) is 12.5 Å². The summed E-state index contributed by atoms with van der Waals surface area (Å²) in [5, 5.41) is 0. The summed E-state index contributed by atoms with van der Waals surface area (Å²) >= 11 is 5.48. The van der Waals surface area contributed by atoms with Crippen LogP contribution in [-0.2, 0) is 11.2 Å². The normalized spacial score (nSPS) is 10.1. The third-order valence-electron chi connectivity index (χ3n) is 2.05. The fourth-order valence-electron chi connectivity index (χ4n) is 1.40. The molecule has 0 aliphatic carbocycles. The Kier molecular flexibility index (Phi) is 4.63. The molecule has 1 rings (SSSR count). The fourth-order valence-corrected chi connectivity index (χ4v) is 1.50. The number of hydrogen-bond acceptors (Lipinski definition) is 2. The number of carbonyl (C=O) groups is 1. The summed E-state index contributed by atoms with van der Waals surface area (Å²) in [7, 11) is 0. The van der Waals surface area contributed by atoms with E-state index in [0.717, 1.165) is 16.9 Å². The first kappa shape index (κ1) is 12.1. The van der Waals surface area contributed by atoms with Crippen molar-refractivity contribution in [2.24, 2.45) is 0 Å². The highest BCUT2D eigenvalue weighted by atomic mass is 35.5. The minimum absolute atomic E-state index is 0.0169. The highest BCUT2D eigenvalue weighted by Crippen LogP contribution is 2.21. The van der Waals surface area contributed by atoms with Gasteiger partial charge in [-0.25, -0.2) is 0 Å². The van der Waals surface area contributed by atoms with Crippen LogP contribution in [0.3, 0.4) is 0 Å². The van der Waals surface area contributed by atoms with Crippen LogP contribution >= 0.6 is 11.6 Å². The summed E-state index contributed by atoms with van der Waals surface area (Å²) in [5.74, 6) is 0.851. The summed E-state index contributed by atoms with van der Waals surface area (Å²) in [5.41, 5.74) is 2.04. The Bertz CT molecular complexity index is 347. The highest BCUT2D eigenvalue weighted by Gasteiger charge is 2.08. The molecule has 2 nitrogen and oxygen atoms in total. The van der Waals surface area contributed by atoms with Crippen molar-refractivity contribution in [1.29, 1.82) is 0 Å².